The van der Waals surface area contributed by atoms with Crippen molar-refractivity contribution in [3.05, 3.63) is 22.8 Å². The van der Waals surface area contributed by atoms with E-state index >= 15 is 0 Å². The first kappa shape index (κ1) is 12.3. The lowest BCUT2D eigenvalue weighted by molar-refractivity contribution is 0.298. The van der Waals surface area contributed by atoms with Gasteiger partial charge in [-0.05, 0) is 31.6 Å². The Kier molecular flexibility index (Phi) is 3.91. The molecule has 0 atom stereocenters. The molecule has 0 saturated carbocycles. The van der Waals surface area contributed by atoms with Crippen LogP contribution in [0.2, 0.25) is 0 Å². The normalized spacial score (nSPS) is 11.3. The molecule has 0 N–H and O–H groups in total. The van der Waals surface area contributed by atoms with Gasteiger partial charge in [0.15, 0.2) is 6.33 Å². The average molecular weight is 251 g/mol. The maximum atomic E-state index is 5.08. The van der Waals surface area contributed by atoms with Gasteiger partial charge in [0.2, 0.25) is 0 Å². The molecule has 0 amide bonds. The van der Waals surface area contributed by atoms with E-state index < -0.39 is 0 Å². The molecule has 0 aromatic carbocycles. The minimum Gasteiger partial charge on any atom is -0.333 e. The standard InChI is InChI=1S/C12H17N3OS/c1-4-15(5-2)7-11-9(3)6-10(17-11)12-13-8-14-16-12/h6,8H,4-5,7H2,1-3H3. The van der Waals surface area contributed by atoms with Crippen LogP contribution in [0.25, 0.3) is 10.8 Å². The Morgan fingerprint density at radius 3 is 2.71 bits per heavy atom. The van der Waals surface area contributed by atoms with E-state index in [9.17, 15) is 0 Å². The molecule has 92 valence electrons. The van der Waals surface area contributed by atoms with Gasteiger partial charge < -0.3 is 4.52 Å². The van der Waals surface area contributed by atoms with Gasteiger partial charge in [0, 0.05) is 11.4 Å². The molecule has 0 fully saturated rings. The molecular weight excluding hydrogens is 234 g/mol. The Hall–Kier alpha value is -1.20. The summed E-state index contributed by atoms with van der Waals surface area (Å²) in [7, 11) is 0. The van der Waals surface area contributed by atoms with E-state index in [0.29, 0.717) is 5.89 Å². The van der Waals surface area contributed by atoms with Gasteiger partial charge in [-0.3, -0.25) is 4.90 Å². The van der Waals surface area contributed by atoms with Crippen molar-refractivity contribution in [1.29, 1.82) is 0 Å². The minimum absolute atomic E-state index is 0.615. The molecule has 2 aromatic rings. The second-order valence-corrected chi connectivity index (χ2v) is 5.06. The number of thiophene rings is 1. The lowest BCUT2D eigenvalue weighted by Gasteiger charge is -2.17. The summed E-state index contributed by atoms with van der Waals surface area (Å²) in [6.07, 6.45) is 1.44. The van der Waals surface area contributed by atoms with Gasteiger partial charge in [-0.15, -0.1) is 11.3 Å². The van der Waals surface area contributed by atoms with E-state index in [4.69, 9.17) is 4.52 Å². The molecule has 17 heavy (non-hydrogen) atoms. The van der Waals surface area contributed by atoms with Gasteiger partial charge in [-0.1, -0.05) is 19.0 Å². The number of aryl methyl sites for hydroxylation is 1. The van der Waals surface area contributed by atoms with Crippen LogP contribution in [0.15, 0.2) is 16.9 Å². The molecule has 0 saturated heterocycles. The summed E-state index contributed by atoms with van der Waals surface area (Å²) in [5.74, 6) is 0.615. The molecule has 5 heteroatoms. The number of aromatic nitrogens is 2. The molecular formula is C12H17N3OS. The van der Waals surface area contributed by atoms with Crippen molar-refractivity contribution in [1.82, 2.24) is 15.0 Å². The predicted octanol–water partition coefficient (Wildman–Crippen LogP) is 2.95. The van der Waals surface area contributed by atoms with Gasteiger partial charge in [-0.2, -0.15) is 4.98 Å². The van der Waals surface area contributed by atoms with E-state index in [1.54, 1.807) is 11.3 Å². The summed E-state index contributed by atoms with van der Waals surface area (Å²) in [6.45, 7) is 9.65. The molecule has 2 rings (SSSR count). The lowest BCUT2D eigenvalue weighted by Crippen LogP contribution is -2.21. The van der Waals surface area contributed by atoms with Crippen molar-refractivity contribution >= 4 is 11.3 Å². The molecule has 0 spiro atoms. The van der Waals surface area contributed by atoms with Crippen molar-refractivity contribution in [2.45, 2.75) is 27.3 Å². The summed E-state index contributed by atoms with van der Waals surface area (Å²) >= 11 is 1.74. The highest BCUT2D eigenvalue weighted by Crippen LogP contribution is 2.30. The molecule has 0 bridgehead atoms. The minimum atomic E-state index is 0.615. The van der Waals surface area contributed by atoms with Gasteiger partial charge in [0.05, 0.1) is 4.88 Å². The van der Waals surface area contributed by atoms with E-state index in [2.05, 4.69) is 41.9 Å². The van der Waals surface area contributed by atoms with Crippen LogP contribution in [0.3, 0.4) is 0 Å². The number of nitrogens with zero attached hydrogens (tertiary/aromatic N) is 3. The van der Waals surface area contributed by atoms with Crippen LogP contribution < -0.4 is 0 Å². The van der Waals surface area contributed by atoms with Gasteiger partial charge >= 0.3 is 0 Å². The van der Waals surface area contributed by atoms with Crippen LogP contribution >= 0.6 is 11.3 Å². The van der Waals surface area contributed by atoms with Crippen molar-refractivity contribution in [2.75, 3.05) is 13.1 Å². The Morgan fingerprint density at radius 1 is 1.35 bits per heavy atom. The Labute approximate surface area is 105 Å². The smallest absolute Gasteiger partial charge is 0.267 e. The molecule has 0 aliphatic carbocycles. The zero-order valence-electron chi connectivity index (χ0n) is 10.4. The number of hydrogen-bond donors (Lipinski definition) is 0. The molecule has 0 aliphatic heterocycles. The zero-order chi connectivity index (χ0) is 12.3. The third kappa shape index (κ3) is 2.73. The van der Waals surface area contributed by atoms with Gasteiger partial charge in [0.25, 0.3) is 5.89 Å². The summed E-state index contributed by atoms with van der Waals surface area (Å²) in [5, 5.41) is 3.64. The van der Waals surface area contributed by atoms with Crippen LogP contribution in [-0.4, -0.2) is 28.1 Å². The third-order valence-electron chi connectivity index (χ3n) is 2.85. The highest BCUT2D eigenvalue weighted by atomic mass is 32.1. The van der Waals surface area contributed by atoms with Crippen molar-refractivity contribution in [3.8, 4) is 10.8 Å². The largest absolute Gasteiger partial charge is 0.333 e. The second kappa shape index (κ2) is 5.42. The molecule has 0 aliphatic rings. The van der Waals surface area contributed by atoms with Gasteiger partial charge in [-0.25, -0.2) is 0 Å². The number of rotatable bonds is 5. The number of hydrogen-bond acceptors (Lipinski definition) is 5. The quantitative estimate of drug-likeness (QED) is 0.819. The maximum absolute atomic E-state index is 5.08. The molecule has 2 heterocycles. The molecule has 0 unspecified atom stereocenters. The van der Waals surface area contributed by atoms with Crippen LogP contribution in [0.1, 0.15) is 24.3 Å². The summed E-state index contributed by atoms with van der Waals surface area (Å²) in [4.78, 5) is 8.91. The Bertz CT molecular complexity index is 460. The van der Waals surface area contributed by atoms with E-state index in [1.165, 1.54) is 16.8 Å². The molecule has 2 aromatic heterocycles. The summed E-state index contributed by atoms with van der Waals surface area (Å²) in [5.41, 5.74) is 1.30. The van der Waals surface area contributed by atoms with Crippen LogP contribution in [0.4, 0.5) is 0 Å². The molecule has 0 radical (unpaired) electrons. The Balaban J connectivity index is 2.19. The average Bonchev–Trinajstić information content (AvgIpc) is 2.95. The first-order chi connectivity index (χ1) is 8.24. The first-order valence-electron chi connectivity index (χ1n) is 5.83. The Morgan fingerprint density at radius 2 is 2.12 bits per heavy atom. The van der Waals surface area contributed by atoms with Crippen LogP contribution in [0.5, 0.6) is 0 Å². The molecule has 4 nitrogen and oxygen atoms in total. The third-order valence-corrected chi connectivity index (χ3v) is 4.06. The lowest BCUT2D eigenvalue weighted by atomic mass is 10.2. The van der Waals surface area contributed by atoms with Crippen LogP contribution in [-0.2, 0) is 6.54 Å². The maximum Gasteiger partial charge on any atom is 0.267 e. The second-order valence-electron chi connectivity index (χ2n) is 3.92. The fourth-order valence-electron chi connectivity index (χ4n) is 1.71. The van der Waals surface area contributed by atoms with E-state index in [0.717, 1.165) is 24.5 Å². The highest BCUT2D eigenvalue weighted by Gasteiger charge is 2.12. The van der Waals surface area contributed by atoms with Crippen LogP contribution in [0, 0.1) is 6.92 Å². The van der Waals surface area contributed by atoms with Gasteiger partial charge in [0.1, 0.15) is 0 Å². The highest BCUT2D eigenvalue weighted by molar-refractivity contribution is 7.15. The summed E-state index contributed by atoms with van der Waals surface area (Å²) in [6, 6.07) is 2.12. The summed E-state index contributed by atoms with van der Waals surface area (Å²) < 4.78 is 5.08. The van der Waals surface area contributed by atoms with Crippen molar-refractivity contribution in [3.63, 3.8) is 0 Å². The van der Waals surface area contributed by atoms with E-state index in [1.807, 2.05) is 0 Å². The fourth-order valence-corrected chi connectivity index (χ4v) is 2.86. The van der Waals surface area contributed by atoms with Crippen molar-refractivity contribution in [2.24, 2.45) is 0 Å². The van der Waals surface area contributed by atoms with Crippen molar-refractivity contribution < 1.29 is 4.52 Å². The predicted molar refractivity (Wildman–Crippen MR) is 69.0 cm³/mol. The SMILES string of the molecule is CCN(CC)Cc1sc(-c2ncno2)cc1C. The monoisotopic (exact) mass is 251 g/mol. The van der Waals surface area contributed by atoms with E-state index in [-0.39, 0.29) is 0 Å². The first-order valence-corrected chi connectivity index (χ1v) is 6.65. The fraction of sp³-hybridized carbons (Fsp3) is 0.500. The zero-order valence-corrected chi connectivity index (χ0v) is 11.3. The topological polar surface area (TPSA) is 42.2 Å².